The lowest BCUT2D eigenvalue weighted by Crippen LogP contribution is -2.66. The molecule has 0 bridgehead atoms. The zero-order valence-electron chi connectivity index (χ0n) is 20.1. The van der Waals surface area contributed by atoms with Crippen LogP contribution in [0.2, 0.25) is 0 Å². The van der Waals surface area contributed by atoms with E-state index in [1.54, 1.807) is 23.1 Å². The van der Waals surface area contributed by atoms with Crippen LogP contribution in [-0.4, -0.2) is 41.1 Å². The molecule has 188 valence electrons. The van der Waals surface area contributed by atoms with Crippen molar-refractivity contribution in [1.29, 1.82) is 0 Å². The number of nitrogens with zero attached hydrogens (tertiary/aromatic N) is 1. The van der Waals surface area contributed by atoms with Gasteiger partial charge >= 0.3 is 0 Å². The molecule has 0 aromatic heterocycles. The van der Waals surface area contributed by atoms with E-state index in [2.05, 4.69) is 16.0 Å². The molecule has 8 nitrogen and oxygen atoms in total. The van der Waals surface area contributed by atoms with Crippen LogP contribution >= 0.6 is 0 Å². The van der Waals surface area contributed by atoms with Gasteiger partial charge in [-0.05, 0) is 17.2 Å². The lowest BCUT2D eigenvalue weighted by Gasteiger charge is -2.43. The number of para-hydroxylation sites is 1. The van der Waals surface area contributed by atoms with Crippen LogP contribution in [0, 0.1) is 0 Å². The maximum Gasteiger partial charge on any atom is 0.243 e. The highest BCUT2D eigenvalue weighted by molar-refractivity contribution is 5.99. The molecule has 2 saturated heterocycles. The molecule has 3 aliphatic heterocycles. The number of hydrogen-bond donors (Lipinski definition) is 4. The fourth-order valence-electron chi connectivity index (χ4n) is 5.81. The predicted molar refractivity (Wildman–Crippen MR) is 137 cm³/mol. The Balaban J connectivity index is 1.27. The Labute approximate surface area is 214 Å². The number of aliphatic hydroxyl groups is 1. The summed E-state index contributed by atoms with van der Waals surface area (Å²) in [6, 6.07) is 24.4. The molecule has 4 N–H and O–H groups in total. The molecule has 3 aromatic rings. The SMILES string of the molecule is O=C1NC(CC2(O)c3ccccc3N3C(=O)CC(c4ccccc4)NC32)C(=O)NC1Cc1ccccc1. The number of fused-ring (bicyclic) bond motifs is 3. The Kier molecular flexibility index (Phi) is 5.78. The summed E-state index contributed by atoms with van der Waals surface area (Å²) in [5, 5.41) is 21.3. The summed E-state index contributed by atoms with van der Waals surface area (Å²) >= 11 is 0. The molecule has 8 heteroatoms. The highest BCUT2D eigenvalue weighted by atomic mass is 16.3. The fourth-order valence-corrected chi connectivity index (χ4v) is 5.81. The second-order valence-electron chi connectivity index (χ2n) is 9.96. The Morgan fingerprint density at radius 1 is 0.811 bits per heavy atom. The second kappa shape index (κ2) is 9.14. The fraction of sp³-hybridized carbons (Fsp3) is 0.276. The summed E-state index contributed by atoms with van der Waals surface area (Å²) in [6.45, 7) is 0. The van der Waals surface area contributed by atoms with Crippen LogP contribution in [0.3, 0.4) is 0 Å². The van der Waals surface area contributed by atoms with Crippen LogP contribution in [0.25, 0.3) is 0 Å². The van der Waals surface area contributed by atoms with E-state index >= 15 is 0 Å². The van der Waals surface area contributed by atoms with E-state index in [-0.39, 0.29) is 36.6 Å². The van der Waals surface area contributed by atoms with Gasteiger partial charge in [0.2, 0.25) is 17.7 Å². The van der Waals surface area contributed by atoms with E-state index in [1.165, 1.54) is 0 Å². The van der Waals surface area contributed by atoms with E-state index in [4.69, 9.17) is 0 Å². The Hall–Kier alpha value is -4.01. The molecule has 0 radical (unpaired) electrons. The number of carbonyl (C=O) groups excluding carboxylic acids is 3. The summed E-state index contributed by atoms with van der Waals surface area (Å²) < 4.78 is 0. The first kappa shape index (κ1) is 23.4. The average molecular weight is 497 g/mol. The summed E-state index contributed by atoms with van der Waals surface area (Å²) in [5.41, 5.74) is 1.46. The van der Waals surface area contributed by atoms with Crippen molar-refractivity contribution >= 4 is 23.4 Å². The van der Waals surface area contributed by atoms with Gasteiger partial charge in [-0.3, -0.25) is 24.6 Å². The molecule has 3 heterocycles. The van der Waals surface area contributed by atoms with Gasteiger partial charge in [-0.25, -0.2) is 0 Å². The van der Waals surface area contributed by atoms with Crippen molar-refractivity contribution in [3.8, 4) is 0 Å². The van der Waals surface area contributed by atoms with E-state index in [1.807, 2.05) is 66.7 Å². The normalized spacial score (nSPS) is 28.8. The molecule has 5 unspecified atom stereocenters. The van der Waals surface area contributed by atoms with E-state index in [9.17, 15) is 19.5 Å². The molecule has 0 saturated carbocycles. The van der Waals surface area contributed by atoms with Crippen LogP contribution in [0.5, 0.6) is 0 Å². The number of nitrogens with one attached hydrogen (secondary N) is 3. The lowest BCUT2D eigenvalue weighted by atomic mass is 9.84. The third kappa shape index (κ3) is 4.08. The Morgan fingerprint density at radius 3 is 2.19 bits per heavy atom. The van der Waals surface area contributed by atoms with E-state index < -0.39 is 23.9 Å². The van der Waals surface area contributed by atoms with Crippen molar-refractivity contribution in [3.63, 3.8) is 0 Å². The number of benzene rings is 3. The monoisotopic (exact) mass is 496 g/mol. The third-order valence-electron chi connectivity index (χ3n) is 7.61. The number of hydrogen-bond acceptors (Lipinski definition) is 5. The minimum atomic E-state index is -1.60. The van der Waals surface area contributed by atoms with Crippen LogP contribution in [-0.2, 0) is 26.4 Å². The molecule has 3 aliphatic rings. The van der Waals surface area contributed by atoms with Crippen LogP contribution in [0.4, 0.5) is 5.69 Å². The maximum atomic E-state index is 13.4. The quantitative estimate of drug-likeness (QED) is 0.431. The zero-order chi connectivity index (χ0) is 25.6. The molecule has 0 aliphatic carbocycles. The van der Waals surface area contributed by atoms with Crippen molar-refractivity contribution in [3.05, 3.63) is 102 Å². The number of piperazine rings is 1. The number of rotatable bonds is 5. The summed E-state index contributed by atoms with van der Waals surface area (Å²) in [6.07, 6.45) is -0.248. The van der Waals surface area contributed by atoms with Gasteiger partial charge in [-0.15, -0.1) is 0 Å². The van der Waals surface area contributed by atoms with Crippen molar-refractivity contribution < 1.29 is 19.5 Å². The molecule has 3 amide bonds. The third-order valence-corrected chi connectivity index (χ3v) is 7.61. The van der Waals surface area contributed by atoms with Crippen molar-refractivity contribution in [2.45, 2.75) is 49.2 Å². The minimum Gasteiger partial charge on any atom is -0.381 e. The van der Waals surface area contributed by atoms with Gasteiger partial charge in [0.1, 0.15) is 23.9 Å². The molecule has 2 fully saturated rings. The van der Waals surface area contributed by atoms with Gasteiger partial charge < -0.3 is 15.7 Å². The molecule has 5 atom stereocenters. The van der Waals surface area contributed by atoms with E-state index in [0.717, 1.165) is 11.1 Å². The Bertz CT molecular complexity index is 1350. The van der Waals surface area contributed by atoms with Gasteiger partial charge in [0, 0.05) is 30.9 Å². The standard InChI is InChI=1S/C29H28N4O4/c34-25-16-21(19-11-5-2-6-12-19)32-28-29(37,20-13-7-8-14-24(20)33(25)28)17-23-27(36)30-22(26(35)31-23)15-18-9-3-1-4-10-18/h1-14,21-23,28,32,37H,15-17H2,(H,30,36)(H,31,35). The predicted octanol–water partition coefficient (Wildman–Crippen LogP) is 1.90. The van der Waals surface area contributed by atoms with Gasteiger partial charge in [0.05, 0.1) is 5.69 Å². The first-order chi connectivity index (χ1) is 17.9. The first-order valence-electron chi connectivity index (χ1n) is 12.5. The second-order valence-corrected chi connectivity index (χ2v) is 9.96. The van der Waals surface area contributed by atoms with Gasteiger partial charge in [-0.2, -0.15) is 0 Å². The molecule has 0 spiro atoms. The summed E-state index contributed by atoms with van der Waals surface area (Å²) in [5.74, 6) is -0.761. The molecule has 37 heavy (non-hydrogen) atoms. The van der Waals surface area contributed by atoms with Crippen LogP contribution in [0.1, 0.15) is 35.6 Å². The zero-order valence-corrected chi connectivity index (χ0v) is 20.1. The Morgan fingerprint density at radius 2 is 1.43 bits per heavy atom. The highest BCUT2D eigenvalue weighted by Gasteiger charge is 2.56. The minimum absolute atomic E-state index is 0.0808. The molecular formula is C29H28N4O4. The average Bonchev–Trinajstić information content (AvgIpc) is 3.17. The van der Waals surface area contributed by atoms with Crippen LogP contribution in [0.15, 0.2) is 84.9 Å². The topological polar surface area (TPSA) is 111 Å². The van der Waals surface area contributed by atoms with E-state index in [0.29, 0.717) is 17.7 Å². The lowest BCUT2D eigenvalue weighted by molar-refractivity contribution is -0.139. The molecule has 6 rings (SSSR count). The van der Waals surface area contributed by atoms with Crippen molar-refractivity contribution in [1.82, 2.24) is 16.0 Å². The van der Waals surface area contributed by atoms with Gasteiger partial charge in [0.15, 0.2) is 0 Å². The maximum absolute atomic E-state index is 13.4. The summed E-state index contributed by atoms with van der Waals surface area (Å²) in [4.78, 5) is 41.1. The van der Waals surface area contributed by atoms with Crippen molar-refractivity contribution in [2.75, 3.05) is 4.90 Å². The van der Waals surface area contributed by atoms with Gasteiger partial charge in [-0.1, -0.05) is 78.9 Å². The number of anilines is 1. The highest BCUT2D eigenvalue weighted by Crippen LogP contribution is 2.48. The van der Waals surface area contributed by atoms with Crippen molar-refractivity contribution in [2.24, 2.45) is 0 Å². The summed E-state index contributed by atoms with van der Waals surface area (Å²) in [7, 11) is 0. The molecule has 3 aromatic carbocycles. The number of amides is 3. The number of carbonyl (C=O) groups is 3. The van der Waals surface area contributed by atoms with Crippen LogP contribution < -0.4 is 20.9 Å². The molecular weight excluding hydrogens is 468 g/mol. The van der Waals surface area contributed by atoms with Gasteiger partial charge in [0.25, 0.3) is 0 Å². The largest absolute Gasteiger partial charge is 0.381 e. The smallest absolute Gasteiger partial charge is 0.243 e. The first-order valence-corrected chi connectivity index (χ1v) is 12.5.